The van der Waals surface area contributed by atoms with E-state index in [-0.39, 0.29) is 31.4 Å². The molecule has 3 N–H and O–H groups in total. The topological polar surface area (TPSA) is 154 Å². The Kier molecular flexibility index (Phi) is 6.96. The Hall–Kier alpha value is -4.45. The van der Waals surface area contributed by atoms with E-state index in [4.69, 9.17) is 11.1 Å². The first-order valence-corrected chi connectivity index (χ1v) is 12.4. The molecule has 2 saturated heterocycles. The lowest BCUT2D eigenvalue weighted by atomic mass is 9.83. The standard InChI is InChI=1S/C25H24F4N10O/c26-19-17(1-6-33-21(19)25(27,28)29)23(40)37-7-2-16(3-8-37)38-12-24(13-38,4-5-30)39-11-15(10-36-39)20-18(9-31)22(32)35-14-34-20/h1,6,9-11,14,16,31H,2-4,7-8,12-13H2,(H2,32,34,35). The molecule has 2 aliphatic heterocycles. The Bertz CT molecular complexity index is 1480. The van der Waals surface area contributed by atoms with Crippen LogP contribution in [0.1, 0.15) is 40.9 Å². The number of nitrogens with two attached hydrogens (primary N) is 1. The number of alkyl halides is 3. The van der Waals surface area contributed by atoms with Crippen LogP contribution in [-0.2, 0) is 11.7 Å². The number of halogens is 4. The Labute approximate surface area is 225 Å². The zero-order valence-electron chi connectivity index (χ0n) is 21.1. The van der Waals surface area contributed by atoms with Crippen LogP contribution in [0.4, 0.5) is 23.4 Å². The van der Waals surface area contributed by atoms with Crippen molar-refractivity contribution >= 4 is 17.9 Å². The number of hydrogen-bond donors (Lipinski definition) is 2. The summed E-state index contributed by atoms with van der Waals surface area (Å²) in [5.41, 5.74) is 4.39. The van der Waals surface area contributed by atoms with Crippen LogP contribution in [0.3, 0.4) is 0 Å². The number of nitrogens with one attached hydrogen (secondary N) is 1. The SMILES string of the molecule is N#CCC1(n2cc(-c3ncnc(N)c3C=N)cn2)CN(C2CCN(C(=O)c3ccnc(C(F)(F)F)c3F)CC2)C1. The predicted molar refractivity (Wildman–Crippen MR) is 133 cm³/mol. The smallest absolute Gasteiger partial charge is 0.383 e. The number of rotatable bonds is 6. The molecule has 5 rings (SSSR count). The van der Waals surface area contributed by atoms with Gasteiger partial charge in [0.25, 0.3) is 5.91 Å². The minimum absolute atomic E-state index is 0.0742. The average Bonchev–Trinajstić information content (AvgIpc) is 3.40. The van der Waals surface area contributed by atoms with Gasteiger partial charge in [0.05, 0.1) is 35.5 Å². The first-order valence-electron chi connectivity index (χ1n) is 12.4. The fraction of sp³-hybridized carbons (Fsp3) is 0.400. The van der Waals surface area contributed by atoms with E-state index in [9.17, 15) is 27.6 Å². The molecule has 3 aromatic rings. The molecule has 0 aromatic carbocycles. The molecule has 1 amide bonds. The van der Waals surface area contributed by atoms with E-state index in [2.05, 4.69) is 31.0 Å². The van der Waals surface area contributed by atoms with Crippen molar-refractivity contribution in [3.63, 3.8) is 0 Å². The molecule has 208 valence electrons. The van der Waals surface area contributed by atoms with Gasteiger partial charge >= 0.3 is 6.18 Å². The number of carbonyl (C=O) groups is 1. The van der Waals surface area contributed by atoms with Gasteiger partial charge < -0.3 is 16.0 Å². The number of nitrogens with zero attached hydrogens (tertiary/aromatic N) is 8. The number of nitriles is 1. The Balaban J connectivity index is 1.25. The average molecular weight is 557 g/mol. The number of carbonyl (C=O) groups excluding carboxylic acids is 1. The Morgan fingerprint density at radius 2 is 1.98 bits per heavy atom. The highest BCUT2D eigenvalue weighted by atomic mass is 19.4. The molecular formula is C25H24F4N10O. The minimum Gasteiger partial charge on any atom is -0.383 e. The minimum atomic E-state index is -5.00. The molecule has 0 unspecified atom stereocenters. The summed E-state index contributed by atoms with van der Waals surface area (Å²) in [5.74, 6) is -2.29. The molecule has 2 aliphatic rings. The highest BCUT2D eigenvalue weighted by molar-refractivity contribution is 5.94. The van der Waals surface area contributed by atoms with Crippen LogP contribution in [0.5, 0.6) is 0 Å². The summed E-state index contributed by atoms with van der Waals surface area (Å²) in [5, 5.41) is 21.7. The third kappa shape index (κ3) is 4.75. The fourth-order valence-electron chi connectivity index (χ4n) is 5.35. The van der Waals surface area contributed by atoms with Crippen LogP contribution in [0.2, 0.25) is 0 Å². The molecular weight excluding hydrogens is 532 g/mol. The lowest BCUT2D eigenvalue weighted by molar-refractivity contribution is -0.143. The number of hydrogen-bond acceptors (Lipinski definition) is 9. The van der Waals surface area contributed by atoms with Gasteiger partial charge in [0, 0.05) is 56.4 Å². The summed E-state index contributed by atoms with van der Waals surface area (Å²) in [6.07, 6.45) is 2.82. The number of anilines is 1. The van der Waals surface area contributed by atoms with Crippen LogP contribution in [0.25, 0.3) is 11.3 Å². The zero-order chi connectivity index (χ0) is 28.7. The summed E-state index contributed by atoms with van der Waals surface area (Å²) in [4.78, 5) is 27.5. The highest BCUT2D eigenvalue weighted by Crippen LogP contribution is 2.37. The van der Waals surface area contributed by atoms with Crippen molar-refractivity contribution in [3.05, 3.63) is 53.6 Å². The number of likely N-dealkylation sites (tertiary alicyclic amines) is 2. The zero-order valence-corrected chi connectivity index (χ0v) is 21.1. The predicted octanol–water partition coefficient (Wildman–Crippen LogP) is 2.70. The highest BCUT2D eigenvalue weighted by Gasteiger charge is 2.48. The van der Waals surface area contributed by atoms with E-state index < -0.39 is 34.7 Å². The number of pyridine rings is 1. The first-order chi connectivity index (χ1) is 19.1. The van der Waals surface area contributed by atoms with E-state index in [1.807, 2.05) is 0 Å². The van der Waals surface area contributed by atoms with Crippen molar-refractivity contribution in [3.8, 4) is 17.3 Å². The third-order valence-corrected chi connectivity index (χ3v) is 7.46. The molecule has 0 radical (unpaired) electrons. The van der Waals surface area contributed by atoms with Gasteiger partial charge in [0.2, 0.25) is 0 Å². The molecule has 2 fully saturated rings. The van der Waals surface area contributed by atoms with E-state index in [0.717, 1.165) is 18.5 Å². The molecule has 0 aliphatic carbocycles. The summed E-state index contributed by atoms with van der Waals surface area (Å²) in [6, 6.07) is 3.27. The number of amides is 1. The second-order valence-electron chi connectivity index (χ2n) is 9.85. The molecule has 0 bridgehead atoms. The van der Waals surface area contributed by atoms with E-state index in [1.165, 1.54) is 11.2 Å². The summed E-state index contributed by atoms with van der Waals surface area (Å²) < 4.78 is 55.2. The number of piperidine rings is 1. The molecule has 0 atom stereocenters. The summed E-state index contributed by atoms with van der Waals surface area (Å²) in [7, 11) is 0. The van der Waals surface area contributed by atoms with Gasteiger partial charge in [-0.1, -0.05) is 0 Å². The monoisotopic (exact) mass is 556 g/mol. The Morgan fingerprint density at radius 3 is 2.62 bits per heavy atom. The molecule has 11 nitrogen and oxygen atoms in total. The molecule has 40 heavy (non-hydrogen) atoms. The van der Waals surface area contributed by atoms with Crippen LogP contribution >= 0.6 is 0 Å². The second kappa shape index (κ2) is 10.3. The van der Waals surface area contributed by atoms with E-state index >= 15 is 0 Å². The van der Waals surface area contributed by atoms with Gasteiger partial charge in [-0.25, -0.2) is 19.3 Å². The van der Waals surface area contributed by atoms with Gasteiger partial charge in [-0.15, -0.1) is 0 Å². The molecule has 15 heteroatoms. The third-order valence-electron chi connectivity index (χ3n) is 7.46. The largest absolute Gasteiger partial charge is 0.436 e. The summed E-state index contributed by atoms with van der Waals surface area (Å²) in [6.45, 7) is 1.55. The van der Waals surface area contributed by atoms with Gasteiger partial charge in [-0.2, -0.15) is 23.5 Å². The molecule has 0 spiro atoms. The Morgan fingerprint density at radius 1 is 1.25 bits per heavy atom. The lowest BCUT2D eigenvalue weighted by Gasteiger charge is -2.53. The van der Waals surface area contributed by atoms with Gasteiger partial charge in [0.1, 0.15) is 17.7 Å². The van der Waals surface area contributed by atoms with Gasteiger partial charge in [-0.05, 0) is 18.9 Å². The summed E-state index contributed by atoms with van der Waals surface area (Å²) >= 11 is 0. The van der Waals surface area contributed by atoms with Gasteiger partial charge in [0.15, 0.2) is 11.5 Å². The number of aromatic nitrogens is 5. The van der Waals surface area contributed by atoms with Crippen LogP contribution in [0.15, 0.2) is 31.0 Å². The van der Waals surface area contributed by atoms with Crippen molar-refractivity contribution in [2.45, 2.75) is 37.0 Å². The van der Waals surface area contributed by atoms with Crippen LogP contribution < -0.4 is 5.73 Å². The lowest BCUT2D eigenvalue weighted by Crippen LogP contribution is -2.66. The van der Waals surface area contributed by atoms with Crippen LogP contribution in [0, 0.1) is 22.6 Å². The quantitative estimate of drug-likeness (QED) is 0.347. The molecule has 3 aromatic heterocycles. The van der Waals surface area contributed by atoms with E-state index in [1.54, 1.807) is 17.1 Å². The normalized spacial score (nSPS) is 17.7. The van der Waals surface area contributed by atoms with Crippen molar-refractivity contribution in [2.75, 3.05) is 31.9 Å². The van der Waals surface area contributed by atoms with Crippen molar-refractivity contribution in [1.82, 2.24) is 34.5 Å². The van der Waals surface area contributed by atoms with E-state index in [0.29, 0.717) is 42.8 Å². The maximum absolute atomic E-state index is 14.4. The maximum atomic E-state index is 14.4. The first kappa shape index (κ1) is 27.1. The van der Waals surface area contributed by atoms with Crippen molar-refractivity contribution in [2.24, 2.45) is 0 Å². The van der Waals surface area contributed by atoms with Gasteiger partial charge in [-0.3, -0.25) is 14.4 Å². The molecule has 5 heterocycles. The second-order valence-corrected chi connectivity index (χ2v) is 9.85. The number of nitrogen functional groups attached to an aromatic ring is 1. The van der Waals surface area contributed by atoms with Crippen molar-refractivity contribution in [1.29, 1.82) is 10.7 Å². The van der Waals surface area contributed by atoms with Crippen molar-refractivity contribution < 1.29 is 22.4 Å². The fourth-order valence-corrected chi connectivity index (χ4v) is 5.35. The molecule has 0 saturated carbocycles. The maximum Gasteiger partial charge on any atom is 0.436 e. The van der Waals surface area contributed by atoms with Crippen LogP contribution in [-0.4, -0.2) is 78.9 Å².